The zero-order chi connectivity index (χ0) is 18.4. The second-order valence-electron chi connectivity index (χ2n) is 6.23. The Labute approximate surface area is 151 Å². The van der Waals surface area contributed by atoms with Crippen LogP contribution in [0.4, 0.5) is 0 Å². The number of rotatable bonds is 5. The minimum atomic E-state index is -3.13. The first-order valence-corrected chi connectivity index (χ1v) is 10.1. The van der Waals surface area contributed by atoms with Gasteiger partial charge in [0.15, 0.2) is 0 Å². The van der Waals surface area contributed by atoms with Gasteiger partial charge in [-0.05, 0) is 62.9 Å². The molecule has 2 rings (SSSR count). The Bertz CT molecular complexity index is 795. The van der Waals surface area contributed by atoms with Crippen molar-refractivity contribution in [3.63, 3.8) is 0 Å². The van der Waals surface area contributed by atoms with Gasteiger partial charge in [-0.25, -0.2) is 4.76 Å². The van der Waals surface area contributed by atoms with E-state index < -0.39 is 7.29 Å². The summed E-state index contributed by atoms with van der Waals surface area (Å²) in [5.41, 5.74) is 4.06. The summed E-state index contributed by atoms with van der Waals surface area (Å²) in [7, 11) is -3.13. The Hall–Kier alpha value is -2.18. The maximum atomic E-state index is 14.3. The van der Waals surface area contributed by atoms with Gasteiger partial charge in [-0.1, -0.05) is 54.6 Å². The normalized spacial score (nSPS) is 12.7. The van der Waals surface area contributed by atoms with Crippen LogP contribution >= 0.6 is 7.29 Å². The van der Waals surface area contributed by atoms with Gasteiger partial charge in [0, 0.05) is 16.8 Å². The predicted octanol–water partition coefficient (Wildman–Crippen LogP) is 5.35. The number of hydrogen-bond donors (Lipinski definition) is 0. The van der Waals surface area contributed by atoms with Crippen LogP contribution < -0.4 is 10.6 Å². The van der Waals surface area contributed by atoms with Crippen molar-refractivity contribution < 1.29 is 4.57 Å². The zero-order valence-corrected chi connectivity index (χ0v) is 16.5. The third-order valence-corrected chi connectivity index (χ3v) is 7.30. The molecule has 0 N–H and O–H groups in total. The lowest BCUT2D eigenvalue weighted by atomic mass is 10.1. The predicted molar refractivity (Wildman–Crippen MR) is 111 cm³/mol. The van der Waals surface area contributed by atoms with E-state index in [4.69, 9.17) is 0 Å². The van der Waals surface area contributed by atoms with Crippen LogP contribution in [-0.2, 0) is 4.57 Å². The van der Waals surface area contributed by atoms with Crippen molar-refractivity contribution in [2.45, 2.75) is 34.6 Å². The van der Waals surface area contributed by atoms with Crippen molar-refractivity contribution in [1.82, 2.24) is 0 Å². The number of aryl methyl sites for hydroxylation is 4. The zero-order valence-electron chi connectivity index (χ0n) is 15.7. The highest BCUT2D eigenvalue weighted by atomic mass is 31.2. The van der Waals surface area contributed by atoms with Crippen LogP contribution in [0.2, 0.25) is 0 Å². The highest BCUT2D eigenvalue weighted by Gasteiger charge is 2.32. The minimum Gasteiger partial charge on any atom is -0.288 e. The Morgan fingerprint density at radius 1 is 0.760 bits per heavy atom. The van der Waals surface area contributed by atoms with Crippen LogP contribution in [-0.4, -0.2) is 6.21 Å². The maximum absolute atomic E-state index is 14.3. The lowest BCUT2D eigenvalue weighted by Gasteiger charge is -2.22. The molecule has 0 saturated carbocycles. The van der Waals surface area contributed by atoms with Gasteiger partial charge in [0.25, 0.3) is 0 Å². The summed E-state index contributed by atoms with van der Waals surface area (Å²) in [4.78, 5) is 0. The fourth-order valence-electron chi connectivity index (χ4n) is 3.15. The molecule has 0 spiro atoms. The average molecular weight is 351 g/mol. The lowest BCUT2D eigenvalue weighted by molar-refractivity contribution is 0.588. The Kier molecular flexibility index (Phi) is 6.33. The Balaban J connectivity index is 2.75. The van der Waals surface area contributed by atoms with E-state index in [2.05, 4.69) is 4.76 Å². The van der Waals surface area contributed by atoms with E-state index in [1.54, 1.807) is 6.21 Å². The van der Waals surface area contributed by atoms with E-state index in [-0.39, 0.29) is 0 Å². The van der Waals surface area contributed by atoms with Gasteiger partial charge in [-0.2, -0.15) is 0 Å². The average Bonchev–Trinajstić information content (AvgIpc) is 2.54. The number of nitrogens with zero attached hydrogens (tertiary/aromatic N) is 1. The summed E-state index contributed by atoms with van der Waals surface area (Å²) >= 11 is 0. The van der Waals surface area contributed by atoms with Crippen molar-refractivity contribution in [1.29, 1.82) is 0 Å². The molecule has 0 aliphatic rings. The van der Waals surface area contributed by atoms with Crippen LogP contribution in [0.3, 0.4) is 0 Å². The number of hydrogen-bond acceptors (Lipinski definition) is 1. The van der Waals surface area contributed by atoms with Gasteiger partial charge in [-0.3, -0.25) is 4.57 Å². The third-order valence-electron chi connectivity index (χ3n) is 4.22. The molecule has 130 valence electrons. The first kappa shape index (κ1) is 19.1. The molecule has 0 amide bonds. The SMILES string of the molecule is C/C=C/C=C/C=N/P(=O)(c1c(C)cccc1C)c1c(C)cccc1C. The van der Waals surface area contributed by atoms with Gasteiger partial charge < -0.3 is 0 Å². The summed E-state index contributed by atoms with van der Waals surface area (Å²) in [6, 6.07) is 12.0. The molecule has 0 bridgehead atoms. The molecule has 0 radical (unpaired) electrons. The molecule has 0 fully saturated rings. The summed E-state index contributed by atoms with van der Waals surface area (Å²) in [5.74, 6) is 0. The minimum absolute atomic E-state index is 0.850. The van der Waals surface area contributed by atoms with Gasteiger partial charge in [0.2, 0.25) is 7.29 Å². The molecule has 2 aromatic carbocycles. The first-order chi connectivity index (χ1) is 11.9. The second kappa shape index (κ2) is 8.27. The van der Waals surface area contributed by atoms with Crippen molar-refractivity contribution in [2.24, 2.45) is 4.76 Å². The molecule has 0 aliphatic heterocycles. The van der Waals surface area contributed by atoms with E-state index >= 15 is 0 Å². The van der Waals surface area contributed by atoms with Gasteiger partial charge >= 0.3 is 0 Å². The van der Waals surface area contributed by atoms with Gasteiger partial charge in [0.05, 0.1) is 0 Å². The molecule has 0 saturated heterocycles. The first-order valence-electron chi connectivity index (χ1n) is 8.49. The fraction of sp³-hybridized carbons (Fsp3) is 0.227. The van der Waals surface area contributed by atoms with Crippen molar-refractivity contribution in [2.75, 3.05) is 0 Å². The van der Waals surface area contributed by atoms with Crippen molar-refractivity contribution in [3.05, 3.63) is 83.0 Å². The van der Waals surface area contributed by atoms with Crippen LogP contribution in [0, 0.1) is 27.7 Å². The van der Waals surface area contributed by atoms with E-state index in [9.17, 15) is 4.57 Å². The quantitative estimate of drug-likeness (QED) is 0.405. The van der Waals surface area contributed by atoms with Gasteiger partial charge in [-0.15, -0.1) is 0 Å². The molecule has 2 nitrogen and oxygen atoms in total. The van der Waals surface area contributed by atoms with Crippen LogP contribution in [0.5, 0.6) is 0 Å². The van der Waals surface area contributed by atoms with Crippen molar-refractivity contribution >= 4 is 24.1 Å². The highest BCUT2D eigenvalue weighted by molar-refractivity contribution is 7.78. The molecule has 2 aromatic rings. The molecular formula is C22H26NOP. The Morgan fingerprint density at radius 3 is 1.60 bits per heavy atom. The number of benzene rings is 2. The summed E-state index contributed by atoms with van der Waals surface area (Å²) in [6.45, 7) is 9.99. The smallest absolute Gasteiger partial charge is 0.248 e. The molecular weight excluding hydrogens is 325 g/mol. The van der Waals surface area contributed by atoms with E-state index in [0.29, 0.717) is 0 Å². The largest absolute Gasteiger partial charge is 0.288 e. The topological polar surface area (TPSA) is 29.4 Å². The fourth-order valence-corrected chi connectivity index (χ4v) is 6.08. The highest BCUT2D eigenvalue weighted by Crippen LogP contribution is 2.48. The monoisotopic (exact) mass is 351 g/mol. The van der Waals surface area contributed by atoms with Crippen LogP contribution in [0.25, 0.3) is 0 Å². The Morgan fingerprint density at radius 2 is 1.20 bits per heavy atom. The molecule has 3 heteroatoms. The molecule has 0 atom stereocenters. The number of allylic oxidation sites excluding steroid dienone is 4. The molecule has 0 unspecified atom stereocenters. The van der Waals surface area contributed by atoms with Crippen molar-refractivity contribution in [3.8, 4) is 0 Å². The lowest BCUT2D eigenvalue weighted by Crippen LogP contribution is -2.23. The molecule has 0 aliphatic carbocycles. The maximum Gasteiger partial charge on any atom is 0.248 e. The van der Waals surface area contributed by atoms with Crippen LogP contribution in [0.15, 0.2) is 65.5 Å². The molecule has 0 heterocycles. The second-order valence-corrected chi connectivity index (χ2v) is 8.51. The standard InChI is InChI=1S/C22H26NOP/c1-6-7-8-9-16-23-25(24,21-17(2)12-10-13-18(21)3)22-19(4)14-11-15-20(22)5/h6-16H,1-5H3/b7-6+,9-8+,23-16+. The summed E-state index contributed by atoms with van der Waals surface area (Å²) in [6.07, 6.45) is 9.26. The molecule has 0 aromatic heterocycles. The van der Waals surface area contributed by atoms with Crippen LogP contribution in [0.1, 0.15) is 29.2 Å². The van der Waals surface area contributed by atoms with E-state index in [1.807, 2.05) is 95.3 Å². The third kappa shape index (κ3) is 4.08. The summed E-state index contributed by atoms with van der Waals surface area (Å²) < 4.78 is 18.9. The van der Waals surface area contributed by atoms with E-state index in [1.165, 1.54) is 0 Å². The summed E-state index contributed by atoms with van der Waals surface area (Å²) in [5, 5.41) is 1.70. The molecule has 25 heavy (non-hydrogen) atoms. The van der Waals surface area contributed by atoms with Gasteiger partial charge in [0.1, 0.15) is 0 Å². The van der Waals surface area contributed by atoms with E-state index in [0.717, 1.165) is 32.9 Å².